The number of methoxy groups -OCH3 is 1. The van der Waals surface area contributed by atoms with Gasteiger partial charge in [0, 0.05) is 31.3 Å². The van der Waals surface area contributed by atoms with Crippen LogP contribution >= 0.6 is 0 Å². The van der Waals surface area contributed by atoms with Crippen LogP contribution in [0.4, 0.5) is 0 Å². The van der Waals surface area contributed by atoms with Gasteiger partial charge in [0.2, 0.25) is 10.0 Å². The lowest BCUT2D eigenvalue weighted by Gasteiger charge is -2.24. The molecule has 1 aliphatic heterocycles. The molecule has 1 aromatic carbocycles. The highest BCUT2D eigenvalue weighted by atomic mass is 32.2. The first-order valence-electron chi connectivity index (χ1n) is 6.99. The van der Waals surface area contributed by atoms with E-state index in [9.17, 15) is 8.42 Å². The van der Waals surface area contributed by atoms with Gasteiger partial charge in [0.05, 0.1) is 17.0 Å². The number of pyridine rings is 1. The van der Waals surface area contributed by atoms with Crippen LogP contribution in [0, 0.1) is 0 Å². The van der Waals surface area contributed by atoms with Crippen molar-refractivity contribution in [3.8, 4) is 0 Å². The molecular weight excluding hydrogens is 288 g/mol. The molecule has 3 rings (SSSR count). The molecule has 2 heterocycles. The zero-order valence-electron chi connectivity index (χ0n) is 11.9. The van der Waals surface area contributed by atoms with Gasteiger partial charge >= 0.3 is 0 Å². The number of nitrogens with zero attached hydrogens (tertiary/aromatic N) is 2. The summed E-state index contributed by atoms with van der Waals surface area (Å²) in [6, 6.07) is 8.71. The minimum Gasteiger partial charge on any atom is -0.383 e. The van der Waals surface area contributed by atoms with Crippen LogP contribution in [0.15, 0.2) is 41.4 Å². The maximum Gasteiger partial charge on any atom is 0.244 e. The van der Waals surface area contributed by atoms with Crippen molar-refractivity contribution in [1.82, 2.24) is 9.29 Å². The molecule has 1 saturated heterocycles. The van der Waals surface area contributed by atoms with Crippen LogP contribution in [0.1, 0.15) is 12.8 Å². The fourth-order valence-corrected chi connectivity index (χ4v) is 4.79. The largest absolute Gasteiger partial charge is 0.383 e. The van der Waals surface area contributed by atoms with E-state index >= 15 is 0 Å². The summed E-state index contributed by atoms with van der Waals surface area (Å²) in [5.74, 6) is 0. The number of fused-ring (bicyclic) bond motifs is 1. The predicted molar refractivity (Wildman–Crippen MR) is 80.5 cm³/mol. The average Bonchev–Trinajstić information content (AvgIpc) is 2.96. The van der Waals surface area contributed by atoms with E-state index in [1.165, 1.54) is 0 Å². The zero-order valence-corrected chi connectivity index (χ0v) is 12.7. The highest BCUT2D eigenvalue weighted by Gasteiger charge is 2.35. The Morgan fingerprint density at radius 1 is 1.33 bits per heavy atom. The van der Waals surface area contributed by atoms with E-state index in [0.717, 1.165) is 12.8 Å². The van der Waals surface area contributed by atoms with E-state index in [0.29, 0.717) is 29.0 Å². The molecule has 1 aliphatic rings. The molecule has 0 N–H and O–H groups in total. The lowest BCUT2D eigenvalue weighted by atomic mass is 10.2. The van der Waals surface area contributed by atoms with Crippen LogP contribution in [0.5, 0.6) is 0 Å². The summed E-state index contributed by atoms with van der Waals surface area (Å²) in [7, 11) is -1.92. The fourth-order valence-electron chi connectivity index (χ4n) is 2.91. The predicted octanol–water partition coefficient (Wildman–Crippen LogP) is 2.03. The molecular formula is C15H18N2O3S. The Labute approximate surface area is 124 Å². The lowest BCUT2D eigenvalue weighted by Crippen LogP contribution is -2.38. The summed E-state index contributed by atoms with van der Waals surface area (Å²) in [5, 5.41) is 0.670. The molecule has 0 aliphatic carbocycles. The first-order valence-corrected chi connectivity index (χ1v) is 8.43. The van der Waals surface area contributed by atoms with Crippen molar-refractivity contribution in [1.29, 1.82) is 0 Å². The molecule has 0 radical (unpaired) electrons. The van der Waals surface area contributed by atoms with E-state index < -0.39 is 10.0 Å². The minimum atomic E-state index is -3.52. The summed E-state index contributed by atoms with van der Waals surface area (Å²) in [5.41, 5.74) is 0.695. The van der Waals surface area contributed by atoms with Crippen LogP contribution in [-0.4, -0.2) is 44.0 Å². The first kappa shape index (κ1) is 14.4. The maximum atomic E-state index is 13.0. The van der Waals surface area contributed by atoms with Crippen LogP contribution < -0.4 is 0 Å². The van der Waals surface area contributed by atoms with Gasteiger partial charge in [-0.3, -0.25) is 4.98 Å². The van der Waals surface area contributed by atoms with Crippen molar-refractivity contribution in [3.63, 3.8) is 0 Å². The summed E-state index contributed by atoms with van der Waals surface area (Å²) >= 11 is 0. The number of hydrogen-bond donors (Lipinski definition) is 0. The molecule has 0 saturated carbocycles. The van der Waals surface area contributed by atoms with Gasteiger partial charge in [0.25, 0.3) is 0 Å². The van der Waals surface area contributed by atoms with E-state index in [2.05, 4.69) is 4.98 Å². The maximum absolute atomic E-state index is 13.0. The van der Waals surface area contributed by atoms with E-state index in [1.54, 1.807) is 41.9 Å². The van der Waals surface area contributed by atoms with Gasteiger partial charge in [0.15, 0.2) is 0 Å². The van der Waals surface area contributed by atoms with Crippen molar-refractivity contribution < 1.29 is 13.2 Å². The van der Waals surface area contributed by atoms with Gasteiger partial charge < -0.3 is 4.74 Å². The van der Waals surface area contributed by atoms with Crippen molar-refractivity contribution in [3.05, 3.63) is 36.5 Å². The topological polar surface area (TPSA) is 59.5 Å². The molecule has 112 valence electrons. The molecule has 0 amide bonds. The number of rotatable bonds is 4. The molecule has 6 heteroatoms. The molecule has 1 fully saturated rings. The Morgan fingerprint density at radius 3 is 3.00 bits per heavy atom. The van der Waals surface area contributed by atoms with Gasteiger partial charge in [-0.1, -0.05) is 6.07 Å². The quantitative estimate of drug-likeness (QED) is 0.867. The lowest BCUT2D eigenvalue weighted by molar-refractivity contribution is 0.149. The number of aromatic nitrogens is 1. The van der Waals surface area contributed by atoms with Crippen molar-refractivity contribution in [2.24, 2.45) is 0 Å². The number of benzene rings is 1. The second-order valence-corrected chi connectivity index (χ2v) is 7.05. The van der Waals surface area contributed by atoms with E-state index in [4.69, 9.17) is 4.74 Å². The SMILES string of the molecule is COC[C@H]1CCCN1S(=O)(=O)c1cccc2ncccc12. The Hall–Kier alpha value is -1.50. The first-order chi connectivity index (χ1) is 10.1. The summed E-state index contributed by atoms with van der Waals surface area (Å²) in [6.45, 7) is 0.981. The van der Waals surface area contributed by atoms with Crippen LogP contribution in [0.2, 0.25) is 0 Å². The van der Waals surface area contributed by atoms with E-state index in [-0.39, 0.29) is 6.04 Å². The molecule has 1 aromatic heterocycles. The molecule has 0 unspecified atom stereocenters. The summed E-state index contributed by atoms with van der Waals surface area (Å²) in [6.07, 6.45) is 3.38. The smallest absolute Gasteiger partial charge is 0.244 e. The molecule has 0 bridgehead atoms. The number of ether oxygens (including phenoxy) is 1. The standard InChI is InChI=1S/C15H18N2O3S/c1-20-11-12-5-4-10-17(12)21(18,19)15-8-2-7-14-13(15)6-3-9-16-14/h2-3,6-9,12H,4-5,10-11H2,1H3/t12-/m1/s1. The third-order valence-electron chi connectivity index (χ3n) is 3.87. The van der Waals surface area contributed by atoms with Gasteiger partial charge in [-0.15, -0.1) is 0 Å². The second kappa shape index (κ2) is 5.71. The van der Waals surface area contributed by atoms with Crippen LogP contribution in [0.3, 0.4) is 0 Å². The fraction of sp³-hybridized carbons (Fsp3) is 0.400. The minimum absolute atomic E-state index is 0.0769. The molecule has 2 aromatic rings. The van der Waals surface area contributed by atoms with Gasteiger partial charge in [-0.25, -0.2) is 8.42 Å². The molecule has 5 nitrogen and oxygen atoms in total. The number of sulfonamides is 1. The monoisotopic (exact) mass is 306 g/mol. The molecule has 0 spiro atoms. The Morgan fingerprint density at radius 2 is 2.19 bits per heavy atom. The van der Waals surface area contributed by atoms with Crippen LogP contribution in [0.25, 0.3) is 10.9 Å². The van der Waals surface area contributed by atoms with Crippen molar-refractivity contribution >= 4 is 20.9 Å². The second-order valence-electron chi connectivity index (χ2n) is 5.19. The van der Waals surface area contributed by atoms with Gasteiger partial charge in [-0.2, -0.15) is 4.31 Å². The highest BCUT2D eigenvalue weighted by Crippen LogP contribution is 2.29. The average molecular weight is 306 g/mol. The normalized spacial score (nSPS) is 20.1. The van der Waals surface area contributed by atoms with Gasteiger partial charge in [0.1, 0.15) is 0 Å². The Kier molecular flexibility index (Phi) is 3.93. The van der Waals surface area contributed by atoms with Crippen molar-refractivity contribution in [2.45, 2.75) is 23.8 Å². The van der Waals surface area contributed by atoms with Gasteiger partial charge in [-0.05, 0) is 37.1 Å². The van der Waals surface area contributed by atoms with Crippen molar-refractivity contribution in [2.75, 3.05) is 20.3 Å². The summed E-state index contributed by atoms with van der Waals surface area (Å²) < 4.78 is 32.7. The highest BCUT2D eigenvalue weighted by molar-refractivity contribution is 7.89. The van der Waals surface area contributed by atoms with E-state index in [1.807, 2.05) is 6.07 Å². The molecule has 21 heavy (non-hydrogen) atoms. The Bertz CT molecular complexity index is 740. The third kappa shape index (κ3) is 2.54. The van der Waals surface area contributed by atoms with Crippen LogP contribution in [-0.2, 0) is 14.8 Å². The molecule has 1 atom stereocenters. The Balaban J connectivity index is 2.08. The zero-order chi connectivity index (χ0) is 14.9. The number of hydrogen-bond acceptors (Lipinski definition) is 4. The summed E-state index contributed by atoms with van der Waals surface area (Å²) in [4.78, 5) is 4.56. The third-order valence-corrected chi connectivity index (χ3v) is 5.88.